The van der Waals surface area contributed by atoms with Crippen molar-refractivity contribution in [3.05, 3.63) is 59.2 Å². The SMILES string of the molecule is COC(=O)CCc1ccc(N2CCN(c3ccc4c(c3)CCCC4N)C2=O)cc1. The molecule has 6 heteroatoms. The zero-order valence-electron chi connectivity index (χ0n) is 16.8. The van der Waals surface area contributed by atoms with Crippen LogP contribution >= 0.6 is 0 Å². The van der Waals surface area contributed by atoms with E-state index in [1.807, 2.05) is 35.2 Å². The lowest BCUT2D eigenvalue weighted by Crippen LogP contribution is -2.32. The molecule has 4 rings (SSSR count). The number of benzene rings is 2. The molecule has 29 heavy (non-hydrogen) atoms. The van der Waals surface area contributed by atoms with Gasteiger partial charge in [0.05, 0.1) is 7.11 Å². The van der Waals surface area contributed by atoms with Crippen molar-refractivity contribution in [2.75, 3.05) is 30.0 Å². The van der Waals surface area contributed by atoms with Gasteiger partial charge in [-0.1, -0.05) is 18.2 Å². The van der Waals surface area contributed by atoms with E-state index in [0.717, 1.165) is 36.2 Å². The van der Waals surface area contributed by atoms with Crippen LogP contribution in [-0.2, 0) is 22.4 Å². The highest BCUT2D eigenvalue weighted by Gasteiger charge is 2.31. The van der Waals surface area contributed by atoms with Crippen LogP contribution in [0.5, 0.6) is 0 Å². The number of nitrogens with zero attached hydrogens (tertiary/aromatic N) is 2. The van der Waals surface area contributed by atoms with Crippen molar-refractivity contribution in [1.29, 1.82) is 0 Å². The average molecular weight is 393 g/mol. The van der Waals surface area contributed by atoms with Crippen LogP contribution in [0, 0.1) is 0 Å². The smallest absolute Gasteiger partial charge is 0.329 e. The monoisotopic (exact) mass is 393 g/mol. The second-order valence-corrected chi connectivity index (χ2v) is 7.71. The highest BCUT2D eigenvalue weighted by Crippen LogP contribution is 2.33. The minimum Gasteiger partial charge on any atom is -0.469 e. The van der Waals surface area contributed by atoms with Crippen LogP contribution < -0.4 is 15.5 Å². The number of methoxy groups -OCH3 is 1. The third kappa shape index (κ3) is 3.98. The van der Waals surface area contributed by atoms with Gasteiger partial charge in [-0.3, -0.25) is 14.6 Å². The van der Waals surface area contributed by atoms with Gasteiger partial charge < -0.3 is 10.5 Å². The van der Waals surface area contributed by atoms with Crippen LogP contribution in [0.2, 0.25) is 0 Å². The third-order valence-electron chi connectivity index (χ3n) is 5.90. The number of ether oxygens (including phenoxy) is 1. The summed E-state index contributed by atoms with van der Waals surface area (Å²) in [5, 5.41) is 0. The molecule has 1 fully saturated rings. The molecule has 152 valence electrons. The number of esters is 1. The van der Waals surface area contributed by atoms with Crippen LogP contribution in [0.3, 0.4) is 0 Å². The number of rotatable bonds is 5. The summed E-state index contributed by atoms with van der Waals surface area (Å²) in [5.41, 5.74) is 11.6. The normalized spacial score (nSPS) is 18.7. The van der Waals surface area contributed by atoms with E-state index < -0.39 is 0 Å². The van der Waals surface area contributed by atoms with E-state index in [1.54, 1.807) is 4.90 Å². The minimum atomic E-state index is -0.217. The maximum Gasteiger partial charge on any atom is 0.329 e. The molecular weight excluding hydrogens is 366 g/mol. The lowest BCUT2D eigenvalue weighted by molar-refractivity contribution is -0.140. The molecule has 2 aromatic carbocycles. The first-order valence-electron chi connectivity index (χ1n) is 10.2. The molecule has 1 saturated heterocycles. The zero-order chi connectivity index (χ0) is 20.4. The van der Waals surface area contributed by atoms with Gasteiger partial charge in [0.15, 0.2) is 0 Å². The van der Waals surface area contributed by atoms with Gasteiger partial charge in [-0.2, -0.15) is 0 Å². The number of hydrogen-bond donors (Lipinski definition) is 1. The van der Waals surface area contributed by atoms with Gasteiger partial charge in [-0.25, -0.2) is 4.79 Å². The van der Waals surface area contributed by atoms with Crippen molar-refractivity contribution in [3.63, 3.8) is 0 Å². The van der Waals surface area contributed by atoms with E-state index in [0.29, 0.717) is 25.9 Å². The van der Waals surface area contributed by atoms with Gasteiger partial charge >= 0.3 is 12.0 Å². The highest BCUT2D eigenvalue weighted by atomic mass is 16.5. The molecule has 1 aliphatic carbocycles. The van der Waals surface area contributed by atoms with E-state index in [4.69, 9.17) is 5.73 Å². The first-order chi connectivity index (χ1) is 14.1. The molecule has 2 aliphatic rings. The van der Waals surface area contributed by atoms with Gasteiger partial charge in [0.1, 0.15) is 0 Å². The molecule has 6 nitrogen and oxygen atoms in total. The maximum atomic E-state index is 13.0. The Morgan fingerprint density at radius 3 is 2.52 bits per heavy atom. The average Bonchev–Trinajstić information content (AvgIpc) is 3.13. The summed E-state index contributed by atoms with van der Waals surface area (Å²) >= 11 is 0. The molecule has 2 N–H and O–H groups in total. The molecule has 0 radical (unpaired) electrons. The summed E-state index contributed by atoms with van der Waals surface area (Å²) < 4.78 is 4.68. The summed E-state index contributed by atoms with van der Waals surface area (Å²) in [6.07, 6.45) is 4.13. The van der Waals surface area contributed by atoms with Crippen molar-refractivity contribution < 1.29 is 14.3 Å². The molecule has 1 atom stereocenters. The summed E-state index contributed by atoms with van der Waals surface area (Å²) in [6.45, 7) is 1.31. The van der Waals surface area contributed by atoms with Crippen molar-refractivity contribution >= 4 is 23.4 Å². The van der Waals surface area contributed by atoms with Crippen LogP contribution in [0.15, 0.2) is 42.5 Å². The van der Waals surface area contributed by atoms with E-state index in [1.165, 1.54) is 18.2 Å². The van der Waals surface area contributed by atoms with Crippen LogP contribution in [-0.4, -0.2) is 32.2 Å². The van der Waals surface area contributed by atoms with Crippen LogP contribution in [0.1, 0.15) is 42.0 Å². The lowest BCUT2D eigenvalue weighted by atomic mass is 9.88. The summed E-state index contributed by atoms with van der Waals surface area (Å²) in [6, 6.07) is 14.2. The predicted octanol–water partition coefficient (Wildman–Crippen LogP) is 3.57. The summed E-state index contributed by atoms with van der Waals surface area (Å²) in [5.74, 6) is -0.217. The van der Waals surface area contributed by atoms with E-state index in [9.17, 15) is 9.59 Å². The Labute approximate surface area is 171 Å². The number of amides is 2. The predicted molar refractivity (Wildman–Crippen MR) is 113 cm³/mol. The molecule has 2 amide bonds. The van der Waals surface area contributed by atoms with Crippen LogP contribution in [0.25, 0.3) is 0 Å². The number of carbonyl (C=O) groups is 2. The summed E-state index contributed by atoms with van der Waals surface area (Å²) in [4.78, 5) is 28.0. The first kappa shape index (κ1) is 19.5. The Kier molecular flexibility index (Phi) is 5.53. The van der Waals surface area contributed by atoms with Crippen molar-refractivity contribution in [2.45, 2.75) is 38.1 Å². The number of hydrogen-bond acceptors (Lipinski definition) is 4. The largest absolute Gasteiger partial charge is 0.469 e. The van der Waals surface area contributed by atoms with Crippen LogP contribution in [0.4, 0.5) is 16.2 Å². The second kappa shape index (κ2) is 8.25. The Bertz CT molecular complexity index is 910. The number of nitrogens with two attached hydrogens (primary N) is 1. The van der Waals surface area contributed by atoms with E-state index in [-0.39, 0.29) is 18.0 Å². The van der Waals surface area contributed by atoms with Gasteiger partial charge in [-0.15, -0.1) is 0 Å². The third-order valence-corrected chi connectivity index (χ3v) is 5.90. The van der Waals surface area contributed by atoms with Crippen molar-refractivity contribution in [3.8, 4) is 0 Å². The zero-order valence-corrected chi connectivity index (χ0v) is 16.8. The molecule has 1 aliphatic heterocycles. The fraction of sp³-hybridized carbons (Fsp3) is 0.391. The number of urea groups is 1. The molecule has 1 heterocycles. The molecule has 0 spiro atoms. The highest BCUT2D eigenvalue weighted by molar-refractivity contribution is 6.06. The van der Waals surface area contributed by atoms with Crippen molar-refractivity contribution in [1.82, 2.24) is 0 Å². The topological polar surface area (TPSA) is 75.9 Å². The number of aryl methyl sites for hydroxylation is 2. The van der Waals surface area contributed by atoms with E-state index >= 15 is 0 Å². The molecule has 2 aromatic rings. The Morgan fingerprint density at radius 1 is 1.10 bits per heavy atom. The van der Waals surface area contributed by atoms with Gasteiger partial charge in [0, 0.05) is 36.9 Å². The van der Waals surface area contributed by atoms with Gasteiger partial charge in [0.25, 0.3) is 0 Å². The Balaban J connectivity index is 1.46. The second-order valence-electron chi connectivity index (χ2n) is 7.71. The number of fused-ring (bicyclic) bond motifs is 1. The molecule has 0 bridgehead atoms. The quantitative estimate of drug-likeness (QED) is 0.788. The lowest BCUT2D eigenvalue weighted by Gasteiger charge is -2.25. The standard InChI is InChI=1S/C23H27N3O3/c1-29-22(27)12-7-16-5-8-18(9-6-16)25-13-14-26(23(25)28)19-10-11-20-17(15-19)3-2-4-21(20)24/h5-6,8-11,15,21H,2-4,7,12-14,24H2,1H3. The molecule has 1 unspecified atom stereocenters. The Morgan fingerprint density at radius 2 is 1.79 bits per heavy atom. The number of carbonyl (C=O) groups excluding carboxylic acids is 2. The number of anilines is 2. The first-order valence-corrected chi connectivity index (χ1v) is 10.2. The minimum absolute atomic E-state index is 0.00707. The molecular formula is C23H27N3O3. The fourth-order valence-electron chi connectivity index (χ4n) is 4.21. The fourth-order valence-corrected chi connectivity index (χ4v) is 4.21. The van der Waals surface area contributed by atoms with E-state index in [2.05, 4.69) is 16.9 Å². The molecule has 0 aromatic heterocycles. The summed E-state index contributed by atoms with van der Waals surface area (Å²) in [7, 11) is 1.40. The van der Waals surface area contributed by atoms with Gasteiger partial charge in [0.2, 0.25) is 0 Å². The van der Waals surface area contributed by atoms with Crippen molar-refractivity contribution in [2.24, 2.45) is 5.73 Å². The Hall–Kier alpha value is -2.86. The maximum absolute atomic E-state index is 13.0. The van der Waals surface area contributed by atoms with Gasteiger partial charge in [-0.05, 0) is 66.6 Å². The molecule has 0 saturated carbocycles.